The van der Waals surface area contributed by atoms with Gasteiger partial charge in [0, 0.05) is 5.75 Å². The Labute approximate surface area is 177 Å². The molecule has 2 aliphatic heterocycles. The first kappa shape index (κ1) is 21.5. The molecule has 1 saturated heterocycles. The third-order valence-corrected chi connectivity index (χ3v) is 5.53. The molecule has 0 saturated carbocycles. The third kappa shape index (κ3) is 4.94. The minimum absolute atomic E-state index is 0.0578. The summed E-state index contributed by atoms with van der Waals surface area (Å²) in [6, 6.07) is -0.919. The Balaban J connectivity index is 2.11. The van der Waals surface area contributed by atoms with Crippen LogP contribution in [0.1, 0.15) is 6.92 Å². The molecule has 0 radical (unpaired) electrons. The van der Waals surface area contributed by atoms with Crippen LogP contribution in [0.15, 0.2) is 11.3 Å². The molecular formula is C12H10Cl6N2O4S. The largest absolute Gasteiger partial charge is 0.456 e. The number of hydrogen-bond acceptors (Lipinski definition) is 5. The number of alkyl halides is 6. The molecule has 1 N–H and O–H groups in total. The predicted molar refractivity (Wildman–Crippen MR) is 99.3 cm³/mol. The van der Waals surface area contributed by atoms with E-state index in [1.54, 1.807) is 6.92 Å². The van der Waals surface area contributed by atoms with Gasteiger partial charge in [-0.2, -0.15) is 0 Å². The molecule has 2 unspecified atom stereocenters. The fraction of sp³-hybridized carbons (Fsp3) is 0.583. The monoisotopic (exact) mass is 488 g/mol. The summed E-state index contributed by atoms with van der Waals surface area (Å²) >= 11 is 34.5. The molecule has 2 rings (SSSR count). The van der Waals surface area contributed by atoms with Gasteiger partial charge in [0.1, 0.15) is 23.7 Å². The number of halogens is 6. The first-order valence-corrected chi connectivity index (χ1v) is 9.90. The molecule has 0 aromatic rings. The van der Waals surface area contributed by atoms with Gasteiger partial charge in [-0.1, -0.05) is 69.6 Å². The molecule has 2 amide bonds. The van der Waals surface area contributed by atoms with Crippen molar-refractivity contribution < 1.29 is 19.1 Å². The Morgan fingerprint density at radius 1 is 1.28 bits per heavy atom. The summed E-state index contributed by atoms with van der Waals surface area (Å²) < 4.78 is 0.974. The van der Waals surface area contributed by atoms with Gasteiger partial charge in [-0.15, -0.1) is 11.8 Å². The van der Waals surface area contributed by atoms with Crippen molar-refractivity contribution in [3.63, 3.8) is 0 Å². The molecule has 0 spiro atoms. The van der Waals surface area contributed by atoms with E-state index in [9.17, 15) is 14.4 Å². The highest BCUT2D eigenvalue weighted by molar-refractivity contribution is 8.00. The summed E-state index contributed by atoms with van der Waals surface area (Å²) in [5.41, 5.74) is 0.678. The lowest BCUT2D eigenvalue weighted by atomic mass is 10.0. The average molecular weight is 491 g/mol. The van der Waals surface area contributed by atoms with Crippen molar-refractivity contribution in [3.05, 3.63) is 11.3 Å². The van der Waals surface area contributed by atoms with E-state index >= 15 is 0 Å². The molecule has 2 heterocycles. The molecule has 1 fully saturated rings. The molecule has 2 aliphatic rings. The molecule has 0 aromatic carbocycles. The minimum Gasteiger partial charge on any atom is -0.456 e. The summed E-state index contributed by atoms with van der Waals surface area (Å²) in [7, 11) is 0. The molecule has 0 aromatic heterocycles. The Hall–Kier alpha value is 0.240. The molecular weight excluding hydrogens is 481 g/mol. The maximum atomic E-state index is 12.4. The number of esters is 1. The van der Waals surface area contributed by atoms with E-state index in [0.717, 1.165) is 0 Å². The molecule has 0 bridgehead atoms. The van der Waals surface area contributed by atoms with Crippen LogP contribution in [0, 0.1) is 0 Å². The van der Waals surface area contributed by atoms with Crippen LogP contribution in [-0.2, 0) is 19.1 Å². The van der Waals surface area contributed by atoms with Gasteiger partial charge in [-0.3, -0.25) is 14.5 Å². The maximum Gasteiger partial charge on any atom is 0.355 e. The number of amides is 2. The van der Waals surface area contributed by atoms with Gasteiger partial charge in [0.25, 0.3) is 15.6 Å². The fourth-order valence-electron chi connectivity index (χ4n) is 2.20. The van der Waals surface area contributed by atoms with E-state index in [4.69, 9.17) is 74.3 Å². The number of carbonyl (C=O) groups is 3. The van der Waals surface area contributed by atoms with E-state index in [0.29, 0.717) is 11.3 Å². The predicted octanol–water partition coefficient (Wildman–Crippen LogP) is 2.94. The summed E-state index contributed by atoms with van der Waals surface area (Å²) in [6.07, 6.45) is 0. The van der Waals surface area contributed by atoms with Gasteiger partial charge < -0.3 is 10.1 Å². The lowest BCUT2D eigenvalue weighted by Crippen LogP contribution is -2.71. The van der Waals surface area contributed by atoms with E-state index < -0.39 is 43.4 Å². The number of fused-ring (bicyclic) bond motifs is 1. The van der Waals surface area contributed by atoms with Crippen molar-refractivity contribution in [2.45, 2.75) is 25.9 Å². The molecule has 6 nitrogen and oxygen atoms in total. The zero-order valence-corrected chi connectivity index (χ0v) is 17.7. The minimum atomic E-state index is -2.20. The summed E-state index contributed by atoms with van der Waals surface area (Å²) in [6.45, 7) is 1.20. The number of hydrogen-bond donors (Lipinski definition) is 1. The molecule has 13 heteroatoms. The van der Waals surface area contributed by atoms with Gasteiger partial charge in [0.05, 0.1) is 0 Å². The van der Waals surface area contributed by atoms with E-state index in [1.807, 2.05) is 0 Å². The Kier molecular flexibility index (Phi) is 6.63. The quantitative estimate of drug-likeness (QED) is 0.374. The van der Waals surface area contributed by atoms with Gasteiger partial charge in [-0.25, -0.2) is 4.79 Å². The number of nitrogens with zero attached hydrogens (tertiary/aromatic N) is 1. The van der Waals surface area contributed by atoms with Gasteiger partial charge in [-0.05, 0) is 12.5 Å². The number of ether oxygens (including phenoxy) is 1. The highest BCUT2D eigenvalue weighted by Gasteiger charge is 2.55. The SMILES string of the molecule is CC1=C(C(=O)OCC(Cl)(Cl)Cl)N2C(=O)C(NC(=O)C(Cl)(Cl)Cl)C2SC1. The second-order valence-corrected chi connectivity index (χ2v) is 11.1. The van der Waals surface area contributed by atoms with Crippen molar-refractivity contribution in [3.8, 4) is 0 Å². The lowest BCUT2D eigenvalue weighted by molar-refractivity contribution is -0.152. The molecule has 2 atom stereocenters. The Bertz CT molecular complexity index is 644. The summed E-state index contributed by atoms with van der Waals surface area (Å²) in [4.78, 5) is 37.6. The normalized spacial score (nSPS) is 23.8. The number of carbonyl (C=O) groups excluding carboxylic acids is 3. The van der Waals surface area contributed by atoms with Crippen LogP contribution in [0.3, 0.4) is 0 Å². The van der Waals surface area contributed by atoms with Crippen molar-refractivity contribution in [2.24, 2.45) is 0 Å². The number of nitrogens with one attached hydrogen (secondary N) is 1. The van der Waals surface area contributed by atoms with Crippen LogP contribution in [-0.4, -0.2) is 54.0 Å². The third-order valence-electron chi connectivity index (χ3n) is 3.26. The van der Waals surface area contributed by atoms with Crippen molar-refractivity contribution >= 4 is 99.2 Å². The second kappa shape index (κ2) is 7.70. The Morgan fingerprint density at radius 2 is 1.88 bits per heavy atom. The van der Waals surface area contributed by atoms with Crippen LogP contribution in [0.25, 0.3) is 0 Å². The number of rotatable bonds is 3. The van der Waals surface area contributed by atoms with Crippen LogP contribution >= 0.6 is 81.4 Å². The van der Waals surface area contributed by atoms with Gasteiger partial charge >= 0.3 is 5.97 Å². The highest BCUT2D eigenvalue weighted by Crippen LogP contribution is 2.41. The van der Waals surface area contributed by atoms with Crippen LogP contribution in [0.5, 0.6) is 0 Å². The smallest absolute Gasteiger partial charge is 0.355 e. The van der Waals surface area contributed by atoms with Crippen molar-refractivity contribution in [1.82, 2.24) is 10.2 Å². The fourth-order valence-corrected chi connectivity index (χ4v) is 3.82. The van der Waals surface area contributed by atoms with Crippen LogP contribution in [0.4, 0.5) is 0 Å². The second-order valence-electron chi connectivity index (χ2n) is 5.18. The Morgan fingerprint density at radius 3 is 2.40 bits per heavy atom. The van der Waals surface area contributed by atoms with Crippen LogP contribution in [0.2, 0.25) is 0 Å². The van der Waals surface area contributed by atoms with E-state index in [2.05, 4.69) is 5.32 Å². The summed E-state index contributed by atoms with van der Waals surface area (Å²) in [5.74, 6) is -1.82. The topological polar surface area (TPSA) is 75.7 Å². The first-order valence-electron chi connectivity index (χ1n) is 6.59. The zero-order valence-electron chi connectivity index (χ0n) is 12.3. The van der Waals surface area contributed by atoms with E-state index in [1.165, 1.54) is 16.7 Å². The number of β-lactam (4-membered cyclic amide) rings is 1. The first-order chi connectivity index (χ1) is 11.3. The van der Waals surface area contributed by atoms with Crippen LogP contribution < -0.4 is 5.32 Å². The van der Waals surface area contributed by atoms with E-state index in [-0.39, 0.29) is 5.70 Å². The van der Waals surface area contributed by atoms with Gasteiger partial charge in [0.15, 0.2) is 0 Å². The van der Waals surface area contributed by atoms with Crippen molar-refractivity contribution in [2.75, 3.05) is 12.4 Å². The standard InChI is InChI=1S/C12H10Cl6N2O4S/c1-4-2-25-8-5(19-10(23)12(16,17)18)7(21)20(8)6(4)9(22)24-3-11(13,14)15/h5,8H,2-3H2,1H3,(H,19,23). The summed E-state index contributed by atoms with van der Waals surface area (Å²) in [5, 5.41) is 1.83. The highest BCUT2D eigenvalue weighted by atomic mass is 35.6. The molecule has 25 heavy (non-hydrogen) atoms. The maximum absolute atomic E-state index is 12.4. The van der Waals surface area contributed by atoms with Crippen molar-refractivity contribution in [1.29, 1.82) is 0 Å². The van der Waals surface area contributed by atoms with Gasteiger partial charge in [0.2, 0.25) is 3.79 Å². The zero-order chi connectivity index (χ0) is 19.2. The number of thioether (sulfide) groups is 1. The molecule has 140 valence electrons. The lowest BCUT2D eigenvalue weighted by Gasteiger charge is -2.49. The molecule has 0 aliphatic carbocycles. The average Bonchev–Trinajstić information content (AvgIpc) is 2.48.